The largest absolute Gasteiger partial charge is 0.147 e. The summed E-state index contributed by atoms with van der Waals surface area (Å²) < 4.78 is 0. The van der Waals surface area contributed by atoms with Crippen molar-refractivity contribution in [3.05, 3.63) is 77.4 Å². The molecule has 0 radical (unpaired) electrons. The zero-order valence-electron chi connectivity index (χ0n) is 23.1. The monoisotopic (exact) mass is 694 g/mol. The molecule has 0 saturated carbocycles. The van der Waals surface area contributed by atoms with Crippen LogP contribution in [-0.4, -0.2) is 5.49 Å². The standard InChI is InChI=1S/C21H25.C6H7.C4H10Si.2ClH.Hf/c1-20(2,3)16-7-9-18-14(12-16)11-15-13-17(21(4,5)6)8-10-19(15)18;1-6-4-2-3-5-6;1-3-5-4-2;;;/h7-13H,1-6H3;2,4H,3H2,1H3;3-4H2,1-2H3;2*1H;/q2*-1;;;;+2. The van der Waals surface area contributed by atoms with Crippen molar-refractivity contribution in [2.45, 2.75) is 91.7 Å². The molecule has 190 valence electrons. The quantitative estimate of drug-likeness (QED) is 0.185. The van der Waals surface area contributed by atoms with E-state index < -0.39 is 0 Å². The summed E-state index contributed by atoms with van der Waals surface area (Å²) in [6, 6.07) is 19.2. The molecule has 4 rings (SSSR count). The topological polar surface area (TPSA) is 0 Å². The Kier molecular flexibility index (Phi) is 14.8. The Bertz CT molecular complexity index is 1080. The minimum absolute atomic E-state index is 0. The molecular formula is C31H44Cl2HfSi. The average Bonchev–Trinajstić information content (AvgIpc) is 3.38. The van der Waals surface area contributed by atoms with Crippen LogP contribution in [0.25, 0.3) is 21.5 Å². The Morgan fingerprint density at radius 2 is 1.26 bits per heavy atom. The van der Waals surface area contributed by atoms with Gasteiger partial charge in [-0.05, 0) is 10.8 Å². The Hall–Kier alpha value is -0.543. The second-order valence-electron chi connectivity index (χ2n) is 11.0. The van der Waals surface area contributed by atoms with Crippen LogP contribution >= 0.6 is 24.8 Å². The first-order chi connectivity index (χ1) is 15.4. The average molecular weight is 694 g/mol. The number of hydrogen-bond acceptors (Lipinski definition) is 0. The maximum atomic E-state index is 3.12. The Labute approximate surface area is 242 Å². The van der Waals surface area contributed by atoms with Gasteiger partial charge in [0.2, 0.25) is 0 Å². The van der Waals surface area contributed by atoms with E-state index in [-0.39, 0.29) is 41.1 Å². The van der Waals surface area contributed by atoms with Crippen molar-refractivity contribution in [1.82, 2.24) is 0 Å². The normalized spacial score (nSPS) is 12.6. The summed E-state index contributed by atoms with van der Waals surface area (Å²) in [6.07, 6.45) is 8.33. The summed E-state index contributed by atoms with van der Waals surface area (Å²) in [5, 5.41) is 5.48. The van der Waals surface area contributed by atoms with Crippen LogP contribution in [0.3, 0.4) is 0 Å². The van der Waals surface area contributed by atoms with Crippen molar-refractivity contribution in [3.63, 3.8) is 0 Å². The SMILES string of the molecule is CC(C)(C)c1ccc2c(c1)[cH-]c1cc(C(C)(C)C)ccc12.CC1=[C-]CC=C1.CC[Si](=[Hf+2])CC.Cl.Cl. The summed E-state index contributed by atoms with van der Waals surface area (Å²) in [5.74, 6) is 0. The maximum absolute atomic E-state index is 3.12. The van der Waals surface area contributed by atoms with Crippen LogP contribution in [-0.2, 0) is 33.8 Å². The number of allylic oxidation sites excluding steroid dienone is 4. The third-order valence-electron chi connectivity index (χ3n) is 6.16. The minimum atomic E-state index is 0. The first-order valence-corrected chi connectivity index (χ1v) is 19.6. The molecule has 4 heteroatoms. The van der Waals surface area contributed by atoms with E-state index in [1.54, 1.807) is 0 Å². The van der Waals surface area contributed by atoms with Gasteiger partial charge in [0.05, 0.1) is 0 Å². The van der Waals surface area contributed by atoms with Crippen LogP contribution in [0.4, 0.5) is 0 Å². The first kappa shape index (κ1) is 34.5. The van der Waals surface area contributed by atoms with Gasteiger partial charge in [-0.2, -0.15) is 6.08 Å². The summed E-state index contributed by atoms with van der Waals surface area (Å²) in [5.41, 5.74) is 4.76. The van der Waals surface area contributed by atoms with Gasteiger partial charge in [0, 0.05) is 0 Å². The second-order valence-corrected chi connectivity index (χ2v) is 21.3. The van der Waals surface area contributed by atoms with Crippen LogP contribution in [0.2, 0.25) is 12.1 Å². The molecule has 0 atom stereocenters. The molecule has 1 aliphatic rings. The molecule has 0 amide bonds. The van der Waals surface area contributed by atoms with Crippen molar-refractivity contribution < 1.29 is 23.0 Å². The van der Waals surface area contributed by atoms with Crippen LogP contribution < -0.4 is 0 Å². The fraction of sp³-hybridized carbons (Fsp3) is 0.452. The molecular weight excluding hydrogens is 650 g/mol. The van der Waals surface area contributed by atoms with E-state index in [1.165, 1.54) is 73.3 Å². The summed E-state index contributed by atoms with van der Waals surface area (Å²) in [6.45, 7) is 20.3. The molecule has 0 nitrogen and oxygen atoms in total. The maximum Gasteiger partial charge on any atom is -0.147 e. The van der Waals surface area contributed by atoms with Crippen LogP contribution in [0, 0.1) is 6.08 Å². The summed E-state index contributed by atoms with van der Waals surface area (Å²) >= 11 is 1.49. The molecule has 0 unspecified atom stereocenters. The predicted molar refractivity (Wildman–Crippen MR) is 162 cm³/mol. The molecule has 0 aromatic heterocycles. The van der Waals surface area contributed by atoms with Gasteiger partial charge in [-0.15, -0.1) is 71.0 Å². The predicted octanol–water partition coefficient (Wildman–Crippen LogP) is 10.4. The fourth-order valence-corrected chi connectivity index (χ4v) is 4.22. The minimum Gasteiger partial charge on any atom is -0.147 e. The molecule has 0 N–H and O–H groups in total. The van der Waals surface area contributed by atoms with Gasteiger partial charge in [-0.1, -0.05) is 83.9 Å². The number of rotatable bonds is 2. The van der Waals surface area contributed by atoms with Gasteiger partial charge in [0.15, 0.2) is 0 Å². The van der Waals surface area contributed by atoms with Gasteiger partial charge in [-0.25, -0.2) is 11.6 Å². The first-order valence-electron chi connectivity index (χ1n) is 12.3. The molecule has 0 fully saturated rings. The zero-order chi connectivity index (χ0) is 24.8. The van der Waals surface area contributed by atoms with E-state index in [9.17, 15) is 0 Å². The molecule has 0 saturated heterocycles. The summed E-state index contributed by atoms with van der Waals surface area (Å²) in [4.78, 5) is 0. The fourth-order valence-electron chi connectivity index (χ4n) is 3.72. The van der Waals surface area contributed by atoms with Crippen molar-refractivity contribution in [2.24, 2.45) is 0 Å². The van der Waals surface area contributed by atoms with Gasteiger partial charge in [0.1, 0.15) is 0 Å². The molecule has 3 aromatic carbocycles. The molecule has 0 aliphatic heterocycles. The molecule has 3 aromatic rings. The molecule has 0 spiro atoms. The molecule has 1 aliphatic carbocycles. The van der Waals surface area contributed by atoms with Crippen molar-refractivity contribution in [2.75, 3.05) is 0 Å². The van der Waals surface area contributed by atoms with Crippen molar-refractivity contribution >= 4 is 51.9 Å². The summed E-state index contributed by atoms with van der Waals surface area (Å²) in [7, 11) is 0. The number of hydrogen-bond donors (Lipinski definition) is 0. The van der Waals surface area contributed by atoms with Crippen LogP contribution in [0.1, 0.15) is 79.9 Å². The van der Waals surface area contributed by atoms with E-state index in [1.807, 2.05) is 0 Å². The number of halogens is 2. The van der Waals surface area contributed by atoms with Crippen LogP contribution in [0.5, 0.6) is 0 Å². The molecule has 0 heterocycles. The number of fused-ring (bicyclic) bond motifs is 3. The Morgan fingerprint density at radius 1 is 0.829 bits per heavy atom. The van der Waals surface area contributed by atoms with Crippen molar-refractivity contribution in [1.29, 1.82) is 0 Å². The third kappa shape index (κ3) is 10.4. The van der Waals surface area contributed by atoms with E-state index in [2.05, 4.69) is 123 Å². The number of benzene rings is 2. The van der Waals surface area contributed by atoms with Gasteiger partial charge >= 0.3 is 54.4 Å². The van der Waals surface area contributed by atoms with Gasteiger partial charge in [-0.3, -0.25) is 6.08 Å². The van der Waals surface area contributed by atoms with E-state index in [4.69, 9.17) is 0 Å². The Balaban J connectivity index is 0.000000688. The van der Waals surface area contributed by atoms with Gasteiger partial charge in [0.25, 0.3) is 0 Å². The zero-order valence-corrected chi connectivity index (χ0v) is 29.4. The smallest absolute Gasteiger partial charge is 0.147 e. The molecule has 0 bridgehead atoms. The van der Waals surface area contributed by atoms with E-state index in [0.29, 0.717) is 0 Å². The van der Waals surface area contributed by atoms with E-state index >= 15 is 0 Å². The second kappa shape index (κ2) is 15.0. The Morgan fingerprint density at radius 3 is 1.49 bits per heavy atom. The van der Waals surface area contributed by atoms with Gasteiger partial charge < -0.3 is 0 Å². The molecule has 35 heavy (non-hydrogen) atoms. The van der Waals surface area contributed by atoms with E-state index in [0.717, 1.165) is 6.42 Å². The van der Waals surface area contributed by atoms with Crippen molar-refractivity contribution in [3.8, 4) is 0 Å². The van der Waals surface area contributed by atoms with Crippen LogP contribution in [0.15, 0.2) is 60.2 Å². The third-order valence-corrected chi connectivity index (χ3v) is 15.5.